The molecule has 0 spiro atoms. The van der Waals surface area contributed by atoms with Gasteiger partial charge in [0.25, 0.3) is 5.56 Å². The molecule has 1 aliphatic rings. The lowest BCUT2D eigenvalue weighted by atomic mass is 10.00. The Balaban J connectivity index is 1.90. The SMILES string of the molecule is CCCn1c(N)c(C(=O)CN2CCCCCC2c2ccc(OC)cc2)c(=O)[nH]c1=O. The number of hydrogen-bond donors (Lipinski definition) is 2. The summed E-state index contributed by atoms with van der Waals surface area (Å²) in [6.07, 6.45) is 4.75. The number of nitrogens with two attached hydrogens (primary N) is 1. The number of H-pyrrole nitrogens is 1. The lowest BCUT2D eigenvalue weighted by molar-refractivity contribution is 0.0891. The Kier molecular flexibility index (Phi) is 7.10. The van der Waals surface area contributed by atoms with Crippen LogP contribution in [0.3, 0.4) is 0 Å². The third-order valence-electron chi connectivity index (χ3n) is 5.68. The average molecular weight is 415 g/mol. The summed E-state index contributed by atoms with van der Waals surface area (Å²) >= 11 is 0. The van der Waals surface area contributed by atoms with Crippen LogP contribution in [0, 0.1) is 0 Å². The predicted octanol–water partition coefficient (Wildman–Crippen LogP) is 2.34. The van der Waals surface area contributed by atoms with Gasteiger partial charge in [0.2, 0.25) is 0 Å². The first kappa shape index (κ1) is 21.8. The molecule has 8 heteroatoms. The maximum Gasteiger partial charge on any atom is 0.329 e. The number of benzene rings is 1. The van der Waals surface area contributed by atoms with Gasteiger partial charge < -0.3 is 10.5 Å². The zero-order chi connectivity index (χ0) is 21.7. The highest BCUT2D eigenvalue weighted by molar-refractivity contribution is 6.01. The molecule has 0 saturated carbocycles. The molecule has 1 aromatic heterocycles. The first-order valence-corrected chi connectivity index (χ1v) is 10.5. The number of rotatable bonds is 7. The van der Waals surface area contributed by atoms with Gasteiger partial charge in [0.1, 0.15) is 17.1 Å². The van der Waals surface area contributed by atoms with E-state index in [1.165, 1.54) is 4.57 Å². The number of anilines is 1. The van der Waals surface area contributed by atoms with Crippen molar-refractivity contribution in [1.29, 1.82) is 0 Å². The van der Waals surface area contributed by atoms with E-state index in [0.29, 0.717) is 13.0 Å². The van der Waals surface area contributed by atoms with E-state index in [9.17, 15) is 14.4 Å². The molecule has 30 heavy (non-hydrogen) atoms. The molecular weight excluding hydrogens is 384 g/mol. The van der Waals surface area contributed by atoms with E-state index in [2.05, 4.69) is 9.88 Å². The summed E-state index contributed by atoms with van der Waals surface area (Å²) in [6, 6.07) is 7.96. The molecule has 3 N–H and O–H groups in total. The van der Waals surface area contributed by atoms with Crippen molar-refractivity contribution in [2.45, 2.75) is 51.6 Å². The molecule has 8 nitrogen and oxygen atoms in total. The first-order chi connectivity index (χ1) is 14.5. The molecule has 1 unspecified atom stereocenters. The van der Waals surface area contributed by atoms with Crippen molar-refractivity contribution in [3.05, 3.63) is 56.2 Å². The van der Waals surface area contributed by atoms with Crippen LogP contribution in [0.1, 0.15) is 61.0 Å². The summed E-state index contributed by atoms with van der Waals surface area (Å²) in [5, 5.41) is 0. The molecule has 1 aromatic carbocycles. The number of nitrogens with one attached hydrogen (secondary N) is 1. The molecule has 0 aliphatic carbocycles. The molecule has 1 atom stereocenters. The summed E-state index contributed by atoms with van der Waals surface area (Å²) in [5.74, 6) is 0.373. The number of methoxy groups -OCH3 is 1. The van der Waals surface area contributed by atoms with E-state index in [-0.39, 0.29) is 29.8 Å². The van der Waals surface area contributed by atoms with Crippen molar-refractivity contribution in [3.63, 3.8) is 0 Å². The van der Waals surface area contributed by atoms with E-state index in [4.69, 9.17) is 10.5 Å². The minimum absolute atomic E-state index is 0.0496. The van der Waals surface area contributed by atoms with Crippen LogP contribution in [0.5, 0.6) is 5.75 Å². The summed E-state index contributed by atoms with van der Waals surface area (Å²) in [6.45, 7) is 3.08. The largest absolute Gasteiger partial charge is 0.497 e. The fraction of sp³-hybridized carbons (Fsp3) is 0.500. The van der Waals surface area contributed by atoms with Gasteiger partial charge in [-0.05, 0) is 43.5 Å². The van der Waals surface area contributed by atoms with Crippen molar-refractivity contribution in [3.8, 4) is 5.75 Å². The number of aromatic nitrogens is 2. The van der Waals surface area contributed by atoms with Crippen molar-refractivity contribution in [2.75, 3.05) is 25.9 Å². The number of carbonyl (C=O) groups is 1. The van der Waals surface area contributed by atoms with Crippen molar-refractivity contribution in [1.82, 2.24) is 14.5 Å². The quantitative estimate of drug-likeness (QED) is 0.673. The van der Waals surface area contributed by atoms with E-state index in [0.717, 1.165) is 43.5 Å². The minimum atomic E-state index is -0.717. The number of Topliss-reactive ketones (excluding diaryl/α,β-unsaturated/α-hetero) is 1. The summed E-state index contributed by atoms with van der Waals surface area (Å²) in [4.78, 5) is 41.9. The maximum absolute atomic E-state index is 13.1. The first-order valence-electron chi connectivity index (χ1n) is 10.5. The Morgan fingerprint density at radius 3 is 2.60 bits per heavy atom. The van der Waals surface area contributed by atoms with Gasteiger partial charge in [0, 0.05) is 12.6 Å². The fourth-order valence-corrected chi connectivity index (χ4v) is 4.13. The molecule has 3 rings (SSSR count). The Morgan fingerprint density at radius 1 is 1.20 bits per heavy atom. The molecule has 0 amide bonds. The second-order valence-electron chi connectivity index (χ2n) is 7.70. The third-order valence-corrected chi connectivity index (χ3v) is 5.68. The molecule has 1 aliphatic heterocycles. The molecular formula is C22H30N4O4. The fourth-order valence-electron chi connectivity index (χ4n) is 4.13. The second-order valence-corrected chi connectivity index (χ2v) is 7.70. The molecule has 1 saturated heterocycles. The number of nitrogen functional groups attached to an aromatic ring is 1. The zero-order valence-corrected chi connectivity index (χ0v) is 17.6. The molecule has 2 aromatic rings. The van der Waals surface area contributed by atoms with Crippen LogP contribution in [-0.2, 0) is 6.54 Å². The zero-order valence-electron chi connectivity index (χ0n) is 17.6. The Hall–Kier alpha value is -2.87. The van der Waals surface area contributed by atoms with Crippen molar-refractivity contribution >= 4 is 11.6 Å². The van der Waals surface area contributed by atoms with Gasteiger partial charge in [-0.3, -0.25) is 24.0 Å². The van der Waals surface area contributed by atoms with Gasteiger partial charge >= 0.3 is 5.69 Å². The predicted molar refractivity (Wildman–Crippen MR) is 116 cm³/mol. The number of ketones is 1. The van der Waals surface area contributed by atoms with E-state index < -0.39 is 11.2 Å². The van der Waals surface area contributed by atoms with Gasteiger partial charge in [-0.15, -0.1) is 0 Å². The highest BCUT2D eigenvalue weighted by Crippen LogP contribution is 2.31. The van der Waals surface area contributed by atoms with Gasteiger partial charge in [0.05, 0.1) is 13.7 Å². The molecule has 2 heterocycles. The van der Waals surface area contributed by atoms with Crippen LogP contribution >= 0.6 is 0 Å². The lowest BCUT2D eigenvalue weighted by Gasteiger charge is -2.30. The lowest BCUT2D eigenvalue weighted by Crippen LogP contribution is -2.40. The van der Waals surface area contributed by atoms with Crippen LogP contribution in [0.25, 0.3) is 0 Å². The Morgan fingerprint density at radius 2 is 1.93 bits per heavy atom. The van der Waals surface area contributed by atoms with Crippen LogP contribution in [0.4, 0.5) is 5.82 Å². The summed E-state index contributed by atoms with van der Waals surface area (Å²) in [5.41, 5.74) is 5.77. The smallest absolute Gasteiger partial charge is 0.329 e. The van der Waals surface area contributed by atoms with Gasteiger partial charge in [-0.25, -0.2) is 4.79 Å². The highest BCUT2D eigenvalue weighted by Gasteiger charge is 2.27. The van der Waals surface area contributed by atoms with Gasteiger partial charge in [-0.1, -0.05) is 31.9 Å². The molecule has 0 bridgehead atoms. The summed E-state index contributed by atoms with van der Waals surface area (Å²) in [7, 11) is 1.63. The number of ether oxygens (including phenoxy) is 1. The highest BCUT2D eigenvalue weighted by atomic mass is 16.5. The molecule has 0 radical (unpaired) electrons. The Labute approximate surface area is 175 Å². The van der Waals surface area contributed by atoms with Crippen molar-refractivity contribution in [2.24, 2.45) is 0 Å². The van der Waals surface area contributed by atoms with Crippen LogP contribution in [0.2, 0.25) is 0 Å². The van der Waals surface area contributed by atoms with E-state index in [1.54, 1.807) is 7.11 Å². The van der Waals surface area contributed by atoms with Crippen LogP contribution in [-0.4, -0.2) is 40.4 Å². The van der Waals surface area contributed by atoms with E-state index in [1.807, 2.05) is 31.2 Å². The number of carbonyl (C=O) groups excluding carboxylic acids is 1. The number of aromatic amines is 1. The maximum atomic E-state index is 13.1. The summed E-state index contributed by atoms with van der Waals surface area (Å²) < 4.78 is 6.51. The molecule has 1 fully saturated rings. The monoisotopic (exact) mass is 414 g/mol. The minimum Gasteiger partial charge on any atom is -0.497 e. The van der Waals surface area contributed by atoms with Crippen LogP contribution < -0.4 is 21.7 Å². The van der Waals surface area contributed by atoms with Gasteiger partial charge in [-0.2, -0.15) is 0 Å². The topological polar surface area (TPSA) is 110 Å². The van der Waals surface area contributed by atoms with E-state index >= 15 is 0 Å². The average Bonchev–Trinajstić information content (AvgIpc) is 2.96. The number of hydrogen-bond acceptors (Lipinski definition) is 6. The number of nitrogens with zero attached hydrogens (tertiary/aromatic N) is 2. The van der Waals surface area contributed by atoms with Crippen LogP contribution in [0.15, 0.2) is 33.9 Å². The standard InChI is InChI=1S/C22H30N4O4/c1-3-12-26-20(23)19(21(28)24-22(26)29)18(27)14-25-13-6-4-5-7-17(25)15-8-10-16(30-2)11-9-15/h8-11,17H,3-7,12-14,23H2,1-2H3,(H,24,28,29). The van der Waals surface area contributed by atoms with Crippen molar-refractivity contribution < 1.29 is 9.53 Å². The van der Waals surface area contributed by atoms with Gasteiger partial charge in [0.15, 0.2) is 5.78 Å². The third kappa shape index (κ3) is 4.64. The Bertz CT molecular complexity index is 994. The number of likely N-dealkylation sites (tertiary alicyclic amines) is 1. The second kappa shape index (κ2) is 9.75. The normalized spacial score (nSPS) is 17.5. The molecule has 162 valence electrons.